The molecule has 3 N–H and O–H groups in total. The summed E-state index contributed by atoms with van der Waals surface area (Å²) in [6.07, 6.45) is 1.68. The second-order valence-corrected chi connectivity index (χ2v) is 5.94. The lowest BCUT2D eigenvalue weighted by molar-refractivity contribution is -0.120. The number of nitrogen functional groups attached to an aromatic ring is 1. The van der Waals surface area contributed by atoms with Crippen LogP contribution in [0.1, 0.15) is 0 Å². The van der Waals surface area contributed by atoms with E-state index in [1.54, 1.807) is 18.1 Å². The van der Waals surface area contributed by atoms with Gasteiger partial charge in [0.1, 0.15) is 5.75 Å². The number of nitrogens with zero attached hydrogens (tertiary/aromatic N) is 3. The lowest BCUT2D eigenvalue weighted by Crippen LogP contribution is -2.35. The fourth-order valence-electron chi connectivity index (χ4n) is 2.76. The van der Waals surface area contributed by atoms with Crippen molar-refractivity contribution in [1.82, 2.24) is 9.97 Å². The molecule has 7 nitrogen and oxygen atoms in total. The Kier molecular flexibility index (Phi) is 3.89. The summed E-state index contributed by atoms with van der Waals surface area (Å²) in [5, 5.41) is 3.14. The molecule has 2 aromatic carbocycles. The van der Waals surface area contributed by atoms with Crippen LogP contribution in [0.5, 0.6) is 5.75 Å². The lowest BCUT2D eigenvalue weighted by Gasteiger charge is -2.26. The zero-order valence-electron chi connectivity index (χ0n) is 14.1. The first-order valence-corrected chi connectivity index (χ1v) is 8.09. The number of rotatable bonds is 3. The minimum atomic E-state index is -0.0821. The third-order valence-corrected chi connectivity index (χ3v) is 4.14. The highest BCUT2D eigenvalue weighted by atomic mass is 16.5. The maximum atomic E-state index is 11.8. The average Bonchev–Trinajstić information content (AvgIpc) is 2.65. The third-order valence-electron chi connectivity index (χ3n) is 4.14. The number of aromatic nitrogens is 2. The van der Waals surface area contributed by atoms with Crippen molar-refractivity contribution in [1.29, 1.82) is 0 Å². The number of nitrogens with two attached hydrogens (primary N) is 1. The van der Waals surface area contributed by atoms with Gasteiger partial charge in [-0.1, -0.05) is 6.07 Å². The van der Waals surface area contributed by atoms with E-state index < -0.39 is 0 Å². The van der Waals surface area contributed by atoms with E-state index in [0.29, 0.717) is 17.4 Å². The molecule has 0 radical (unpaired) electrons. The van der Waals surface area contributed by atoms with Crippen LogP contribution in [0.25, 0.3) is 11.3 Å². The third kappa shape index (κ3) is 3.02. The van der Waals surface area contributed by atoms with Crippen molar-refractivity contribution in [2.24, 2.45) is 0 Å². The molecule has 7 heteroatoms. The average molecular weight is 347 g/mol. The van der Waals surface area contributed by atoms with Gasteiger partial charge in [-0.2, -0.15) is 0 Å². The minimum absolute atomic E-state index is 0.0601. The van der Waals surface area contributed by atoms with Gasteiger partial charge in [0.25, 0.3) is 5.91 Å². The standard InChI is InChI=1S/C19H17N5O2/c1-24-16-9-12(5-6-17(16)26-11-18(24)25)15-7-8-21-19(23-15)22-14-4-2-3-13(20)10-14/h2-10H,11,20H2,1H3,(H,21,22,23). The highest BCUT2D eigenvalue weighted by Gasteiger charge is 2.22. The van der Waals surface area contributed by atoms with Crippen molar-refractivity contribution in [3.05, 3.63) is 54.7 Å². The Morgan fingerprint density at radius 1 is 1.19 bits per heavy atom. The van der Waals surface area contributed by atoms with Gasteiger partial charge in [0, 0.05) is 30.2 Å². The van der Waals surface area contributed by atoms with Crippen LogP contribution in [0.2, 0.25) is 0 Å². The summed E-state index contributed by atoms with van der Waals surface area (Å²) in [5.74, 6) is 1.07. The molecule has 2 heterocycles. The first-order chi connectivity index (χ1) is 12.6. The van der Waals surface area contributed by atoms with Crippen LogP contribution >= 0.6 is 0 Å². The number of anilines is 4. The van der Waals surface area contributed by atoms with E-state index in [-0.39, 0.29) is 12.5 Å². The van der Waals surface area contributed by atoms with Crippen molar-refractivity contribution in [3.8, 4) is 17.0 Å². The highest BCUT2D eigenvalue weighted by Crippen LogP contribution is 2.35. The van der Waals surface area contributed by atoms with Crippen LogP contribution in [-0.4, -0.2) is 29.5 Å². The summed E-state index contributed by atoms with van der Waals surface area (Å²) >= 11 is 0. The SMILES string of the molecule is CN1C(=O)COc2ccc(-c3ccnc(Nc4cccc(N)c4)n3)cc21. The molecule has 1 aromatic heterocycles. The Balaban J connectivity index is 1.66. The molecule has 0 spiro atoms. The van der Waals surface area contributed by atoms with Crippen molar-refractivity contribution < 1.29 is 9.53 Å². The maximum Gasteiger partial charge on any atom is 0.264 e. The Morgan fingerprint density at radius 3 is 2.92 bits per heavy atom. The van der Waals surface area contributed by atoms with Gasteiger partial charge >= 0.3 is 0 Å². The predicted octanol–water partition coefficient (Wildman–Crippen LogP) is 2.82. The summed E-state index contributed by atoms with van der Waals surface area (Å²) in [4.78, 5) is 22.2. The Bertz CT molecular complexity index is 989. The summed E-state index contributed by atoms with van der Waals surface area (Å²) in [7, 11) is 1.74. The van der Waals surface area contributed by atoms with E-state index in [9.17, 15) is 4.79 Å². The van der Waals surface area contributed by atoms with Gasteiger partial charge in [0.2, 0.25) is 5.95 Å². The molecule has 0 aliphatic carbocycles. The molecule has 0 bridgehead atoms. The first kappa shape index (κ1) is 15.9. The molecule has 4 rings (SSSR count). The van der Waals surface area contributed by atoms with E-state index in [1.165, 1.54) is 0 Å². The summed E-state index contributed by atoms with van der Waals surface area (Å²) < 4.78 is 5.46. The summed E-state index contributed by atoms with van der Waals surface area (Å²) in [6, 6.07) is 14.8. The van der Waals surface area contributed by atoms with Crippen molar-refractivity contribution >= 4 is 28.9 Å². The molecule has 0 atom stereocenters. The zero-order valence-corrected chi connectivity index (χ0v) is 14.1. The predicted molar refractivity (Wildman–Crippen MR) is 101 cm³/mol. The number of ether oxygens (including phenoxy) is 1. The lowest BCUT2D eigenvalue weighted by atomic mass is 10.1. The Morgan fingerprint density at radius 2 is 2.08 bits per heavy atom. The van der Waals surface area contributed by atoms with Crippen LogP contribution in [0.3, 0.4) is 0 Å². The van der Waals surface area contributed by atoms with Crippen molar-refractivity contribution in [2.75, 3.05) is 29.6 Å². The van der Waals surface area contributed by atoms with Gasteiger partial charge in [-0.15, -0.1) is 0 Å². The quantitative estimate of drug-likeness (QED) is 0.708. The molecular formula is C19H17N5O2. The smallest absolute Gasteiger partial charge is 0.264 e. The number of benzene rings is 2. The number of fused-ring (bicyclic) bond motifs is 1. The molecule has 1 aliphatic heterocycles. The normalized spacial score (nSPS) is 13.1. The largest absolute Gasteiger partial charge is 0.482 e. The molecule has 1 aliphatic rings. The fraction of sp³-hybridized carbons (Fsp3) is 0.105. The number of nitrogens with one attached hydrogen (secondary N) is 1. The second kappa shape index (κ2) is 6.36. The van der Waals surface area contributed by atoms with E-state index in [2.05, 4.69) is 15.3 Å². The topological polar surface area (TPSA) is 93.4 Å². The van der Waals surface area contributed by atoms with Crippen LogP contribution in [0, 0.1) is 0 Å². The minimum Gasteiger partial charge on any atom is -0.482 e. The van der Waals surface area contributed by atoms with Gasteiger partial charge in [0.15, 0.2) is 6.61 Å². The van der Waals surface area contributed by atoms with Gasteiger partial charge < -0.3 is 20.7 Å². The van der Waals surface area contributed by atoms with Crippen LogP contribution in [0.4, 0.5) is 23.0 Å². The molecular weight excluding hydrogens is 330 g/mol. The van der Waals surface area contributed by atoms with Gasteiger partial charge in [-0.25, -0.2) is 9.97 Å². The van der Waals surface area contributed by atoms with Crippen LogP contribution in [-0.2, 0) is 4.79 Å². The number of amides is 1. The number of carbonyl (C=O) groups excluding carboxylic acids is 1. The van der Waals surface area contributed by atoms with Crippen LogP contribution < -0.4 is 20.7 Å². The molecule has 3 aromatic rings. The van der Waals surface area contributed by atoms with E-state index in [0.717, 1.165) is 22.6 Å². The van der Waals surface area contributed by atoms with Gasteiger partial charge in [-0.05, 0) is 42.5 Å². The van der Waals surface area contributed by atoms with Crippen molar-refractivity contribution in [2.45, 2.75) is 0 Å². The fourth-order valence-corrected chi connectivity index (χ4v) is 2.76. The highest BCUT2D eigenvalue weighted by molar-refractivity contribution is 5.98. The second-order valence-electron chi connectivity index (χ2n) is 5.94. The Hall–Kier alpha value is -3.61. The maximum absolute atomic E-state index is 11.8. The number of likely N-dealkylation sites (N-methyl/N-ethyl adjacent to an activating group) is 1. The molecule has 0 fully saturated rings. The van der Waals surface area contributed by atoms with Crippen LogP contribution in [0.15, 0.2) is 54.7 Å². The van der Waals surface area contributed by atoms with E-state index >= 15 is 0 Å². The first-order valence-electron chi connectivity index (χ1n) is 8.09. The molecule has 1 amide bonds. The summed E-state index contributed by atoms with van der Waals surface area (Å²) in [5.41, 5.74) is 9.60. The zero-order chi connectivity index (χ0) is 18.1. The monoisotopic (exact) mass is 347 g/mol. The number of hydrogen-bond acceptors (Lipinski definition) is 6. The van der Waals surface area contributed by atoms with E-state index in [4.69, 9.17) is 10.5 Å². The molecule has 26 heavy (non-hydrogen) atoms. The Labute approximate surface area is 150 Å². The van der Waals surface area contributed by atoms with Gasteiger partial charge in [-0.3, -0.25) is 4.79 Å². The molecule has 130 valence electrons. The molecule has 0 saturated heterocycles. The summed E-state index contributed by atoms with van der Waals surface area (Å²) in [6.45, 7) is 0.0601. The molecule has 0 saturated carbocycles. The molecule has 0 unspecified atom stereocenters. The van der Waals surface area contributed by atoms with Gasteiger partial charge in [0.05, 0.1) is 11.4 Å². The van der Waals surface area contributed by atoms with E-state index in [1.807, 2.05) is 48.5 Å². The number of carbonyl (C=O) groups is 1. The van der Waals surface area contributed by atoms with Crippen molar-refractivity contribution in [3.63, 3.8) is 0 Å². The number of hydrogen-bond donors (Lipinski definition) is 2.